The molecular formula is C23H23ClN2O. The number of nitrogens with two attached hydrogens (primary N) is 1. The molecule has 0 saturated carbocycles. The highest BCUT2D eigenvalue weighted by Gasteiger charge is 2.31. The van der Waals surface area contributed by atoms with Crippen molar-refractivity contribution in [1.82, 2.24) is 4.57 Å². The molecule has 1 aliphatic rings. The van der Waals surface area contributed by atoms with Gasteiger partial charge in [-0.3, -0.25) is 4.79 Å². The number of carbonyl (C=O) groups excluding carboxylic acids is 1. The number of aryl methyl sites for hydroxylation is 1. The molecule has 1 aromatic heterocycles. The Hall–Kier alpha value is -2.52. The van der Waals surface area contributed by atoms with Crippen molar-refractivity contribution in [3.05, 3.63) is 81.6 Å². The first-order chi connectivity index (χ1) is 13.0. The van der Waals surface area contributed by atoms with Gasteiger partial charge in [0.1, 0.15) is 0 Å². The number of aromatic nitrogens is 1. The summed E-state index contributed by atoms with van der Waals surface area (Å²) in [6.07, 6.45) is 2.93. The van der Waals surface area contributed by atoms with Crippen LogP contribution in [0.25, 0.3) is 11.1 Å². The minimum Gasteiger partial charge on any atom is -0.366 e. The SMILES string of the molecule is CCc1c(-c2ccc(Cl)cc2)c(C(N)=O)c(C)n1C1CCc2ccccc21. The Morgan fingerprint density at radius 1 is 1.19 bits per heavy atom. The van der Waals surface area contributed by atoms with Gasteiger partial charge in [0.05, 0.1) is 11.6 Å². The highest BCUT2D eigenvalue weighted by Crippen LogP contribution is 2.41. The second kappa shape index (κ2) is 6.90. The van der Waals surface area contributed by atoms with Crippen LogP contribution in [0.2, 0.25) is 5.02 Å². The minimum absolute atomic E-state index is 0.246. The smallest absolute Gasteiger partial charge is 0.251 e. The third-order valence-corrected chi connectivity index (χ3v) is 5.93. The molecule has 1 unspecified atom stereocenters. The fourth-order valence-electron chi connectivity index (χ4n) is 4.57. The summed E-state index contributed by atoms with van der Waals surface area (Å²) in [5, 5.41) is 0.679. The van der Waals surface area contributed by atoms with E-state index in [1.165, 1.54) is 11.1 Å². The topological polar surface area (TPSA) is 48.0 Å². The number of hydrogen-bond donors (Lipinski definition) is 1. The molecule has 1 aliphatic carbocycles. The van der Waals surface area contributed by atoms with Gasteiger partial charge in [0.2, 0.25) is 0 Å². The van der Waals surface area contributed by atoms with Gasteiger partial charge in [-0.25, -0.2) is 0 Å². The summed E-state index contributed by atoms with van der Waals surface area (Å²) in [4.78, 5) is 12.4. The largest absolute Gasteiger partial charge is 0.366 e. The van der Waals surface area contributed by atoms with Gasteiger partial charge in [0.15, 0.2) is 0 Å². The number of carbonyl (C=O) groups is 1. The highest BCUT2D eigenvalue weighted by atomic mass is 35.5. The normalized spacial score (nSPS) is 15.7. The van der Waals surface area contributed by atoms with E-state index in [0.29, 0.717) is 10.6 Å². The van der Waals surface area contributed by atoms with Crippen LogP contribution in [0.5, 0.6) is 0 Å². The first-order valence-electron chi connectivity index (χ1n) is 9.40. The van der Waals surface area contributed by atoms with E-state index in [1.54, 1.807) is 0 Å². The minimum atomic E-state index is -0.378. The van der Waals surface area contributed by atoms with Crippen LogP contribution >= 0.6 is 11.6 Å². The van der Waals surface area contributed by atoms with Gasteiger partial charge in [-0.15, -0.1) is 0 Å². The van der Waals surface area contributed by atoms with Crippen molar-refractivity contribution < 1.29 is 4.79 Å². The monoisotopic (exact) mass is 378 g/mol. The lowest BCUT2D eigenvalue weighted by molar-refractivity contribution is 0.1000. The molecule has 2 N–H and O–H groups in total. The van der Waals surface area contributed by atoms with Crippen LogP contribution < -0.4 is 5.73 Å². The second-order valence-corrected chi connectivity index (χ2v) is 7.57. The van der Waals surface area contributed by atoms with E-state index in [2.05, 4.69) is 35.8 Å². The lowest BCUT2D eigenvalue weighted by atomic mass is 9.99. The molecule has 0 fully saturated rings. The standard InChI is InChI=1S/C23H23ClN2O/c1-3-19-22(16-8-11-17(24)12-9-16)21(23(25)27)14(2)26(19)20-13-10-15-6-4-5-7-18(15)20/h4-9,11-12,20H,3,10,13H2,1-2H3,(H2,25,27). The van der Waals surface area contributed by atoms with Crippen LogP contribution in [0.4, 0.5) is 0 Å². The molecular weight excluding hydrogens is 356 g/mol. The molecule has 4 rings (SSSR count). The van der Waals surface area contributed by atoms with Crippen LogP contribution in [-0.4, -0.2) is 10.5 Å². The van der Waals surface area contributed by atoms with Crippen molar-refractivity contribution in [2.45, 2.75) is 39.2 Å². The van der Waals surface area contributed by atoms with Crippen LogP contribution in [-0.2, 0) is 12.8 Å². The summed E-state index contributed by atoms with van der Waals surface area (Å²) in [5.41, 5.74) is 13.2. The van der Waals surface area contributed by atoms with E-state index in [9.17, 15) is 4.79 Å². The molecule has 0 bridgehead atoms. The molecule has 1 atom stereocenters. The summed E-state index contributed by atoms with van der Waals surface area (Å²) in [5.74, 6) is -0.378. The highest BCUT2D eigenvalue weighted by molar-refractivity contribution is 6.30. The van der Waals surface area contributed by atoms with Crippen LogP contribution in [0, 0.1) is 6.92 Å². The van der Waals surface area contributed by atoms with Gasteiger partial charge in [-0.1, -0.05) is 54.9 Å². The van der Waals surface area contributed by atoms with Gasteiger partial charge in [-0.2, -0.15) is 0 Å². The number of primary amides is 1. The van der Waals surface area contributed by atoms with Crippen molar-refractivity contribution in [3.63, 3.8) is 0 Å². The predicted molar refractivity (Wildman–Crippen MR) is 110 cm³/mol. The van der Waals surface area contributed by atoms with Crippen molar-refractivity contribution in [1.29, 1.82) is 0 Å². The molecule has 1 amide bonds. The van der Waals surface area contributed by atoms with Crippen molar-refractivity contribution in [2.75, 3.05) is 0 Å². The van der Waals surface area contributed by atoms with Crippen molar-refractivity contribution in [3.8, 4) is 11.1 Å². The van der Waals surface area contributed by atoms with Gasteiger partial charge in [0.25, 0.3) is 5.91 Å². The number of benzene rings is 2. The zero-order chi connectivity index (χ0) is 19.1. The molecule has 3 aromatic rings. The molecule has 0 spiro atoms. The van der Waals surface area contributed by atoms with E-state index in [0.717, 1.165) is 41.8 Å². The average Bonchev–Trinajstić information content (AvgIpc) is 3.20. The zero-order valence-electron chi connectivity index (χ0n) is 15.6. The van der Waals surface area contributed by atoms with Crippen LogP contribution in [0.15, 0.2) is 48.5 Å². The van der Waals surface area contributed by atoms with Crippen molar-refractivity contribution in [2.24, 2.45) is 5.73 Å². The molecule has 27 heavy (non-hydrogen) atoms. The van der Waals surface area contributed by atoms with E-state index in [1.807, 2.05) is 31.2 Å². The summed E-state index contributed by atoms with van der Waals surface area (Å²) in [6, 6.07) is 16.5. The van der Waals surface area contributed by atoms with Crippen LogP contribution in [0.3, 0.4) is 0 Å². The van der Waals surface area contributed by atoms with Crippen LogP contribution in [0.1, 0.15) is 52.3 Å². The predicted octanol–water partition coefficient (Wildman–Crippen LogP) is 5.31. The summed E-state index contributed by atoms with van der Waals surface area (Å²) in [6.45, 7) is 4.15. The third-order valence-electron chi connectivity index (χ3n) is 5.68. The first kappa shape index (κ1) is 17.9. The molecule has 0 aliphatic heterocycles. The molecule has 138 valence electrons. The Kier molecular flexibility index (Phi) is 4.56. The Bertz CT molecular complexity index is 1020. The fraction of sp³-hybridized carbons (Fsp3) is 0.261. The van der Waals surface area contributed by atoms with E-state index >= 15 is 0 Å². The number of hydrogen-bond acceptors (Lipinski definition) is 1. The van der Waals surface area contributed by atoms with Gasteiger partial charge >= 0.3 is 0 Å². The quantitative estimate of drug-likeness (QED) is 0.656. The maximum Gasteiger partial charge on any atom is 0.251 e. The third kappa shape index (κ3) is 2.87. The van der Waals surface area contributed by atoms with Gasteiger partial charge in [0, 0.05) is 22.0 Å². The molecule has 0 radical (unpaired) electrons. The lowest BCUT2D eigenvalue weighted by Crippen LogP contribution is -2.15. The number of rotatable bonds is 4. The molecule has 2 aromatic carbocycles. The number of amides is 1. The number of fused-ring (bicyclic) bond motifs is 1. The van der Waals surface area contributed by atoms with Gasteiger partial charge in [-0.05, 0) is 55.0 Å². The summed E-state index contributed by atoms with van der Waals surface area (Å²) >= 11 is 6.07. The van der Waals surface area contributed by atoms with Gasteiger partial charge < -0.3 is 10.3 Å². The number of halogens is 1. The Morgan fingerprint density at radius 3 is 2.56 bits per heavy atom. The van der Waals surface area contributed by atoms with E-state index < -0.39 is 0 Å². The lowest BCUT2D eigenvalue weighted by Gasteiger charge is -2.20. The average molecular weight is 379 g/mol. The maximum absolute atomic E-state index is 12.4. The Morgan fingerprint density at radius 2 is 1.89 bits per heavy atom. The van der Waals surface area contributed by atoms with Crippen molar-refractivity contribution >= 4 is 17.5 Å². The molecule has 0 saturated heterocycles. The molecule has 3 nitrogen and oxygen atoms in total. The molecule has 1 heterocycles. The maximum atomic E-state index is 12.4. The Labute approximate surface area is 164 Å². The summed E-state index contributed by atoms with van der Waals surface area (Å²) < 4.78 is 2.34. The van der Waals surface area contributed by atoms with E-state index in [-0.39, 0.29) is 11.9 Å². The first-order valence-corrected chi connectivity index (χ1v) is 9.78. The summed E-state index contributed by atoms with van der Waals surface area (Å²) in [7, 11) is 0. The van der Waals surface area contributed by atoms with E-state index in [4.69, 9.17) is 17.3 Å². The second-order valence-electron chi connectivity index (χ2n) is 7.13. The number of nitrogens with zero attached hydrogens (tertiary/aromatic N) is 1. The fourth-order valence-corrected chi connectivity index (χ4v) is 4.70. The zero-order valence-corrected chi connectivity index (χ0v) is 16.4. The molecule has 4 heteroatoms. The Balaban J connectivity index is 1.98.